The fraction of sp³-hybridized carbons (Fsp3) is 0.529. The number of aryl methyl sites for hydroxylation is 2. The standard InChI is InChI=1S/C17H23N3OS/c1-2-13-4-5-15-14(10-13)11-16(22-15)17(21)19-6-3-8-20-9-7-18-12-20/h7,9,11-13H,2-6,8,10H2,1H3,(H,19,21). The van der Waals surface area contributed by atoms with Gasteiger partial charge in [-0.3, -0.25) is 4.79 Å². The number of hydrogen-bond donors (Lipinski definition) is 1. The lowest BCUT2D eigenvalue weighted by Crippen LogP contribution is -2.24. The second-order valence-corrected chi connectivity index (χ2v) is 7.12. The van der Waals surface area contributed by atoms with Crippen LogP contribution in [0.15, 0.2) is 24.8 Å². The molecule has 4 nitrogen and oxygen atoms in total. The number of aromatic nitrogens is 2. The van der Waals surface area contributed by atoms with Gasteiger partial charge in [-0.15, -0.1) is 11.3 Å². The fourth-order valence-corrected chi connectivity index (χ4v) is 4.15. The van der Waals surface area contributed by atoms with Crippen LogP contribution >= 0.6 is 11.3 Å². The molecule has 0 saturated carbocycles. The number of carbonyl (C=O) groups is 1. The van der Waals surface area contributed by atoms with Crippen molar-refractivity contribution >= 4 is 17.2 Å². The van der Waals surface area contributed by atoms with Gasteiger partial charge < -0.3 is 9.88 Å². The lowest BCUT2D eigenvalue weighted by atomic mass is 9.87. The van der Waals surface area contributed by atoms with Gasteiger partial charge in [0.1, 0.15) is 0 Å². The zero-order valence-electron chi connectivity index (χ0n) is 13.0. The van der Waals surface area contributed by atoms with E-state index in [1.54, 1.807) is 23.9 Å². The quantitative estimate of drug-likeness (QED) is 0.831. The van der Waals surface area contributed by atoms with E-state index in [9.17, 15) is 4.79 Å². The van der Waals surface area contributed by atoms with Crippen molar-refractivity contribution in [2.45, 2.75) is 45.6 Å². The van der Waals surface area contributed by atoms with Crippen LogP contribution in [-0.2, 0) is 19.4 Å². The average molecular weight is 317 g/mol. The minimum Gasteiger partial charge on any atom is -0.351 e. The van der Waals surface area contributed by atoms with Gasteiger partial charge >= 0.3 is 0 Å². The maximum absolute atomic E-state index is 12.3. The maximum atomic E-state index is 12.3. The number of rotatable bonds is 6. The van der Waals surface area contributed by atoms with Crippen molar-refractivity contribution in [2.24, 2.45) is 5.92 Å². The van der Waals surface area contributed by atoms with Crippen LogP contribution < -0.4 is 5.32 Å². The van der Waals surface area contributed by atoms with Crippen LogP contribution in [0.2, 0.25) is 0 Å². The Balaban J connectivity index is 1.49. The molecule has 1 aliphatic rings. The highest BCUT2D eigenvalue weighted by Crippen LogP contribution is 2.33. The van der Waals surface area contributed by atoms with Gasteiger partial charge in [0, 0.05) is 30.4 Å². The van der Waals surface area contributed by atoms with Crippen molar-refractivity contribution < 1.29 is 4.79 Å². The SMILES string of the molecule is CCC1CCc2sc(C(=O)NCCCn3ccnc3)cc2C1. The molecule has 2 aromatic rings. The summed E-state index contributed by atoms with van der Waals surface area (Å²) in [5, 5.41) is 3.03. The van der Waals surface area contributed by atoms with Crippen molar-refractivity contribution in [2.75, 3.05) is 6.54 Å². The molecule has 1 amide bonds. The highest BCUT2D eigenvalue weighted by Gasteiger charge is 2.21. The van der Waals surface area contributed by atoms with Crippen LogP contribution in [0.1, 0.15) is 46.3 Å². The Kier molecular flexibility index (Phi) is 4.93. The minimum absolute atomic E-state index is 0.0816. The van der Waals surface area contributed by atoms with Crippen LogP contribution in [-0.4, -0.2) is 22.0 Å². The Morgan fingerprint density at radius 2 is 2.45 bits per heavy atom. The highest BCUT2D eigenvalue weighted by atomic mass is 32.1. The average Bonchev–Trinajstić information content (AvgIpc) is 3.19. The number of thiophene rings is 1. The third-order valence-corrected chi connectivity index (χ3v) is 5.66. The van der Waals surface area contributed by atoms with Gasteiger partial charge in [-0.05, 0) is 43.2 Å². The Bertz CT molecular complexity index is 618. The minimum atomic E-state index is 0.0816. The van der Waals surface area contributed by atoms with Crippen molar-refractivity contribution in [1.29, 1.82) is 0 Å². The van der Waals surface area contributed by atoms with Crippen molar-refractivity contribution in [3.63, 3.8) is 0 Å². The molecule has 0 spiro atoms. The fourth-order valence-electron chi connectivity index (χ4n) is 3.03. The molecular weight excluding hydrogens is 294 g/mol. The molecule has 1 unspecified atom stereocenters. The number of nitrogens with zero attached hydrogens (tertiary/aromatic N) is 2. The third-order valence-electron chi connectivity index (χ3n) is 4.42. The molecule has 22 heavy (non-hydrogen) atoms. The molecule has 0 bridgehead atoms. The van der Waals surface area contributed by atoms with E-state index in [4.69, 9.17) is 0 Å². The molecule has 2 aromatic heterocycles. The largest absolute Gasteiger partial charge is 0.351 e. The topological polar surface area (TPSA) is 46.9 Å². The molecule has 0 fully saturated rings. The molecule has 1 atom stereocenters. The lowest BCUT2D eigenvalue weighted by Gasteiger charge is -2.19. The summed E-state index contributed by atoms with van der Waals surface area (Å²) in [4.78, 5) is 18.6. The van der Waals surface area contributed by atoms with E-state index in [0.717, 1.165) is 36.6 Å². The third kappa shape index (κ3) is 3.58. The normalized spacial score (nSPS) is 17.2. The van der Waals surface area contributed by atoms with E-state index in [-0.39, 0.29) is 5.91 Å². The molecular formula is C17H23N3OS. The van der Waals surface area contributed by atoms with Gasteiger partial charge in [-0.2, -0.15) is 0 Å². The summed E-state index contributed by atoms with van der Waals surface area (Å²) in [6, 6.07) is 2.12. The van der Waals surface area contributed by atoms with E-state index in [0.29, 0.717) is 6.54 Å². The summed E-state index contributed by atoms with van der Waals surface area (Å²) in [7, 11) is 0. The van der Waals surface area contributed by atoms with E-state index >= 15 is 0 Å². The summed E-state index contributed by atoms with van der Waals surface area (Å²) in [5.74, 6) is 0.881. The first-order valence-corrected chi connectivity index (χ1v) is 8.93. The summed E-state index contributed by atoms with van der Waals surface area (Å²) in [6.07, 6.45) is 11.3. The van der Waals surface area contributed by atoms with Gasteiger partial charge in [0.25, 0.3) is 5.91 Å². The van der Waals surface area contributed by atoms with Gasteiger partial charge in [-0.25, -0.2) is 4.98 Å². The molecule has 2 heterocycles. The molecule has 0 aromatic carbocycles. The van der Waals surface area contributed by atoms with Gasteiger partial charge in [0.2, 0.25) is 0 Å². The maximum Gasteiger partial charge on any atom is 0.261 e. The number of nitrogens with one attached hydrogen (secondary N) is 1. The number of carbonyl (C=O) groups excluding carboxylic acids is 1. The van der Waals surface area contributed by atoms with E-state index < -0.39 is 0 Å². The van der Waals surface area contributed by atoms with Crippen LogP contribution in [0.4, 0.5) is 0 Å². The van der Waals surface area contributed by atoms with Crippen LogP contribution in [0.25, 0.3) is 0 Å². The summed E-state index contributed by atoms with van der Waals surface area (Å²) in [6.45, 7) is 3.85. The Labute approximate surface area is 135 Å². The molecule has 118 valence electrons. The van der Waals surface area contributed by atoms with Gasteiger partial charge in [-0.1, -0.05) is 13.3 Å². The molecule has 1 N–H and O–H groups in total. The first kappa shape index (κ1) is 15.3. The van der Waals surface area contributed by atoms with Crippen molar-refractivity contribution in [3.8, 4) is 0 Å². The summed E-state index contributed by atoms with van der Waals surface area (Å²) >= 11 is 1.68. The monoisotopic (exact) mass is 317 g/mol. The Morgan fingerprint density at radius 1 is 1.55 bits per heavy atom. The van der Waals surface area contributed by atoms with E-state index in [1.165, 1.54) is 23.3 Å². The van der Waals surface area contributed by atoms with Crippen molar-refractivity contribution in [1.82, 2.24) is 14.9 Å². The second-order valence-electron chi connectivity index (χ2n) is 5.99. The first-order valence-electron chi connectivity index (χ1n) is 8.11. The summed E-state index contributed by atoms with van der Waals surface area (Å²) in [5.41, 5.74) is 1.41. The first-order chi connectivity index (χ1) is 10.8. The van der Waals surface area contributed by atoms with E-state index in [1.807, 2.05) is 10.8 Å². The molecule has 3 rings (SSSR count). The lowest BCUT2D eigenvalue weighted by molar-refractivity contribution is 0.0956. The molecule has 1 aliphatic carbocycles. The van der Waals surface area contributed by atoms with Crippen LogP contribution in [0.3, 0.4) is 0 Å². The number of fused-ring (bicyclic) bond motifs is 1. The number of amides is 1. The summed E-state index contributed by atoms with van der Waals surface area (Å²) < 4.78 is 2.03. The zero-order valence-corrected chi connectivity index (χ0v) is 13.9. The second kappa shape index (κ2) is 7.09. The molecule has 0 radical (unpaired) electrons. The Hall–Kier alpha value is -1.62. The van der Waals surface area contributed by atoms with Crippen LogP contribution in [0, 0.1) is 5.92 Å². The Morgan fingerprint density at radius 3 is 3.23 bits per heavy atom. The molecule has 5 heteroatoms. The van der Waals surface area contributed by atoms with Crippen LogP contribution in [0.5, 0.6) is 0 Å². The number of hydrogen-bond acceptors (Lipinski definition) is 3. The molecule has 0 aliphatic heterocycles. The van der Waals surface area contributed by atoms with Gasteiger partial charge in [0.15, 0.2) is 0 Å². The predicted molar refractivity (Wildman–Crippen MR) is 89.3 cm³/mol. The highest BCUT2D eigenvalue weighted by molar-refractivity contribution is 7.14. The smallest absolute Gasteiger partial charge is 0.261 e. The molecule has 0 saturated heterocycles. The van der Waals surface area contributed by atoms with E-state index in [2.05, 4.69) is 23.3 Å². The number of imidazole rings is 1. The van der Waals surface area contributed by atoms with Crippen molar-refractivity contribution in [3.05, 3.63) is 40.1 Å². The predicted octanol–water partition coefficient (Wildman–Crippen LogP) is 3.28. The zero-order chi connectivity index (χ0) is 15.4. The van der Waals surface area contributed by atoms with Gasteiger partial charge in [0.05, 0.1) is 11.2 Å².